The molecule has 35 heavy (non-hydrogen) atoms. The Morgan fingerprint density at radius 3 is 2.46 bits per heavy atom. The van der Waals surface area contributed by atoms with E-state index in [4.69, 9.17) is 9.47 Å². The number of rotatable bonds is 9. The van der Waals surface area contributed by atoms with Crippen LogP contribution in [0.3, 0.4) is 0 Å². The van der Waals surface area contributed by atoms with Gasteiger partial charge in [0, 0.05) is 30.4 Å². The number of nitrogens with zero attached hydrogens (tertiary/aromatic N) is 1. The van der Waals surface area contributed by atoms with Crippen LogP contribution in [0.25, 0.3) is 0 Å². The summed E-state index contributed by atoms with van der Waals surface area (Å²) in [6, 6.07) is 23.2. The quantitative estimate of drug-likeness (QED) is 0.488. The van der Waals surface area contributed by atoms with Crippen molar-refractivity contribution in [3.05, 3.63) is 78.9 Å². The van der Waals surface area contributed by atoms with Crippen molar-refractivity contribution >= 4 is 34.8 Å². The van der Waals surface area contributed by atoms with E-state index in [0.29, 0.717) is 35.2 Å². The first-order valence-corrected chi connectivity index (χ1v) is 11.4. The zero-order valence-corrected chi connectivity index (χ0v) is 19.4. The maximum atomic E-state index is 12.9. The van der Waals surface area contributed by atoms with E-state index in [1.807, 2.05) is 49.4 Å². The van der Waals surface area contributed by atoms with Crippen molar-refractivity contribution in [3.63, 3.8) is 0 Å². The van der Waals surface area contributed by atoms with Gasteiger partial charge in [-0.15, -0.1) is 0 Å². The average Bonchev–Trinajstić information content (AvgIpc) is 3.26. The van der Waals surface area contributed by atoms with Gasteiger partial charge in [-0.2, -0.15) is 0 Å². The van der Waals surface area contributed by atoms with Gasteiger partial charge in [0.05, 0.1) is 18.2 Å². The highest BCUT2D eigenvalue weighted by Gasteiger charge is 2.36. The first kappa shape index (κ1) is 23.8. The molecule has 4 rings (SSSR count). The van der Waals surface area contributed by atoms with E-state index in [-0.39, 0.29) is 37.3 Å². The number of hydrogen-bond donors (Lipinski definition) is 2. The fourth-order valence-corrected chi connectivity index (χ4v) is 3.85. The zero-order chi connectivity index (χ0) is 24.6. The van der Waals surface area contributed by atoms with E-state index in [0.717, 1.165) is 0 Å². The summed E-state index contributed by atoms with van der Waals surface area (Å²) >= 11 is 0. The summed E-state index contributed by atoms with van der Waals surface area (Å²) in [5.41, 5.74) is 1.88. The van der Waals surface area contributed by atoms with Gasteiger partial charge in [-0.25, -0.2) is 0 Å². The maximum absolute atomic E-state index is 12.9. The molecule has 3 aromatic carbocycles. The highest BCUT2D eigenvalue weighted by molar-refractivity contribution is 6.04. The second-order valence-electron chi connectivity index (χ2n) is 8.03. The molecule has 3 aromatic rings. The lowest BCUT2D eigenvalue weighted by atomic mass is 10.1. The molecule has 0 aliphatic carbocycles. The van der Waals surface area contributed by atoms with Crippen molar-refractivity contribution in [2.24, 2.45) is 5.92 Å². The molecule has 1 saturated heterocycles. The Morgan fingerprint density at radius 1 is 0.914 bits per heavy atom. The van der Waals surface area contributed by atoms with E-state index in [1.165, 1.54) is 0 Å². The summed E-state index contributed by atoms with van der Waals surface area (Å²) in [4.78, 5) is 39.3. The number of nitrogens with one attached hydrogen (secondary N) is 2. The predicted octanol–water partition coefficient (Wildman–Crippen LogP) is 4.09. The second-order valence-corrected chi connectivity index (χ2v) is 8.03. The van der Waals surface area contributed by atoms with Crippen molar-refractivity contribution < 1.29 is 23.9 Å². The van der Waals surface area contributed by atoms with E-state index >= 15 is 0 Å². The van der Waals surface area contributed by atoms with Gasteiger partial charge >= 0.3 is 0 Å². The molecule has 3 amide bonds. The molecule has 0 radical (unpaired) electrons. The summed E-state index contributed by atoms with van der Waals surface area (Å²) in [5.74, 6) is -0.111. The summed E-state index contributed by atoms with van der Waals surface area (Å²) in [5, 5.41) is 5.60. The molecule has 1 aliphatic rings. The lowest BCUT2D eigenvalue weighted by Gasteiger charge is -2.20. The van der Waals surface area contributed by atoms with Gasteiger partial charge in [0.1, 0.15) is 11.5 Å². The van der Waals surface area contributed by atoms with Gasteiger partial charge in [-0.3, -0.25) is 14.4 Å². The third-order valence-electron chi connectivity index (χ3n) is 5.48. The molecule has 8 nitrogen and oxygen atoms in total. The van der Waals surface area contributed by atoms with Gasteiger partial charge in [-0.1, -0.05) is 36.4 Å². The van der Waals surface area contributed by atoms with Crippen LogP contribution >= 0.6 is 0 Å². The largest absolute Gasteiger partial charge is 0.492 e. The third kappa shape index (κ3) is 6.17. The van der Waals surface area contributed by atoms with Gasteiger partial charge in [0.2, 0.25) is 11.8 Å². The molecular weight excluding hydrogens is 446 g/mol. The molecule has 1 unspecified atom stereocenters. The fourth-order valence-electron chi connectivity index (χ4n) is 3.85. The number of amides is 3. The summed E-state index contributed by atoms with van der Waals surface area (Å²) in [6.45, 7) is 2.46. The Bertz CT molecular complexity index is 1200. The minimum atomic E-state index is -0.501. The number of hydrogen-bond acceptors (Lipinski definition) is 5. The van der Waals surface area contributed by atoms with E-state index in [9.17, 15) is 14.4 Å². The summed E-state index contributed by atoms with van der Waals surface area (Å²) in [7, 11) is 0. The molecule has 1 atom stereocenters. The molecule has 1 aliphatic heterocycles. The lowest BCUT2D eigenvalue weighted by molar-refractivity contribution is -0.122. The van der Waals surface area contributed by atoms with Crippen LogP contribution in [0.15, 0.2) is 78.9 Å². The van der Waals surface area contributed by atoms with Crippen LogP contribution in [0.4, 0.5) is 17.1 Å². The van der Waals surface area contributed by atoms with Gasteiger partial charge < -0.3 is 25.0 Å². The van der Waals surface area contributed by atoms with Crippen molar-refractivity contribution in [1.29, 1.82) is 0 Å². The Kier molecular flexibility index (Phi) is 7.62. The topological polar surface area (TPSA) is 97.0 Å². The normalized spacial score (nSPS) is 14.9. The maximum Gasteiger partial charge on any atom is 0.262 e. The molecule has 0 spiro atoms. The first-order chi connectivity index (χ1) is 17.0. The second kappa shape index (κ2) is 11.2. The fraction of sp³-hybridized carbons (Fsp3) is 0.222. The van der Waals surface area contributed by atoms with Gasteiger partial charge in [-0.05, 0) is 43.3 Å². The Balaban J connectivity index is 1.33. The molecule has 180 valence electrons. The Labute approximate surface area is 203 Å². The minimum absolute atomic E-state index is 0.113. The molecular formula is C27H27N3O5. The predicted molar refractivity (Wildman–Crippen MR) is 134 cm³/mol. The molecule has 1 fully saturated rings. The molecule has 1 heterocycles. The van der Waals surface area contributed by atoms with Crippen molar-refractivity contribution in [2.75, 3.05) is 35.3 Å². The average molecular weight is 474 g/mol. The minimum Gasteiger partial charge on any atom is -0.492 e. The van der Waals surface area contributed by atoms with Crippen LogP contribution in [0.1, 0.15) is 13.3 Å². The van der Waals surface area contributed by atoms with Crippen molar-refractivity contribution in [1.82, 2.24) is 0 Å². The van der Waals surface area contributed by atoms with E-state index in [1.54, 1.807) is 41.3 Å². The molecule has 0 bridgehead atoms. The highest BCUT2D eigenvalue weighted by atomic mass is 16.5. The van der Waals surface area contributed by atoms with Gasteiger partial charge in [0.25, 0.3) is 5.91 Å². The SMILES string of the molecule is CCOc1ccccc1N1CC(C(=O)Nc2cccc(OCC(=O)Nc3ccccc3)c2)CC1=O. The molecule has 8 heteroatoms. The number of carbonyl (C=O) groups excluding carboxylic acids is 3. The Morgan fingerprint density at radius 2 is 1.66 bits per heavy atom. The van der Waals surface area contributed by atoms with Crippen LogP contribution in [0.5, 0.6) is 11.5 Å². The molecule has 2 N–H and O–H groups in total. The molecule has 0 aromatic heterocycles. The monoisotopic (exact) mass is 473 g/mol. The summed E-state index contributed by atoms with van der Waals surface area (Å²) in [6.07, 6.45) is 0.113. The van der Waals surface area contributed by atoms with Crippen LogP contribution in [-0.4, -0.2) is 37.5 Å². The number of benzene rings is 3. The molecule has 0 saturated carbocycles. The van der Waals surface area contributed by atoms with Crippen LogP contribution in [0.2, 0.25) is 0 Å². The number of carbonyl (C=O) groups is 3. The van der Waals surface area contributed by atoms with Crippen LogP contribution in [-0.2, 0) is 14.4 Å². The highest BCUT2D eigenvalue weighted by Crippen LogP contribution is 2.33. The van der Waals surface area contributed by atoms with E-state index in [2.05, 4.69) is 10.6 Å². The number of anilines is 3. The van der Waals surface area contributed by atoms with Crippen molar-refractivity contribution in [3.8, 4) is 11.5 Å². The number of ether oxygens (including phenoxy) is 2. The van der Waals surface area contributed by atoms with E-state index < -0.39 is 5.92 Å². The standard InChI is InChI=1S/C27H27N3O5/c1-2-34-24-14-7-6-13-23(24)30-17-19(15-26(30)32)27(33)29-21-11-8-12-22(16-21)35-18-25(31)28-20-9-4-3-5-10-20/h3-14,16,19H,2,15,17-18H2,1H3,(H,28,31)(H,29,33). The van der Waals surface area contributed by atoms with Crippen LogP contribution < -0.4 is 25.0 Å². The summed E-state index contributed by atoms with van der Waals surface area (Å²) < 4.78 is 11.2. The van der Waals surface area contributed by atoms with Crippen molar-refractivity contribution in [2.45, 2.75) is 13.3 Å². The smallest absolute Gasteiger partial charge is 0.262 e. The Hall–Kier alpha value is -4.33. The first-order valence-electron chi connectivity index (χ1n) is 11.4. The zero-order valence-electron chi connectivity index (χ0n) is 19.4. The third-order valence-corrected chi connectivity index (χ3v) is 5.48. The number of para-hydroxylation sites is 3. The van der Waals surface area contributed by atoms with Crippen LogP contribution in [0, 0.1) is 5.92 Å². The lowest BCUT2D eigenvalue weighted by Crippen LogP contribution is -2.28. The van der Waals surface area contributed by atoms with Gasteiger partial charge in [0.15, 0.2) is 6.61 Å².